The van der Waals surface area contributed by atoms with Crippen LogP contribution in [0.15, 0.2) is 97.1 Å². The van der Waals surface area contributed by atoms with Crippen LogP contribution in [-0.2, 0) is 26.7 Å². The summed E-state index contributed by atoms with van der Waals surface area (Å²) in [5.74, 6) is 0. The van der Waals surface area contributed by atoms with Gasteiger partial charge < -0.3 is 0 Å². The zero-order valence-electron chi connectivity index (χ0n) is 29.1. The van der Waals surface area contributed by atoms with Crippen molar-refractivity contribution in [2.24, 2.45) is 0 Å². The van der Waals surface area contributed by atoms with Gasteiger partial charge in [0.15, 0.2) is 0 Å². The summed E-state index contributed by atoms with van der Waals surface area (Å²) in [6.45, 7) is 22.7. The Balaban J connectivity index is 1.85. The third kappa shape index (κ3) is 5.44. The van der Waals surface area contributed by atoms with Crippen molar-refractivity contribution in [3.8, 4) is 11.1 Å². The molecule has 0 nitrogen and oxygen atoms in total. The van der Waals surface area contributed by atoms with Crippen molar-refractivity contribution < 1.29 is 15.9 Å². The first-order chi connectivity index (χ1) is 21.4. The molecule has 238 valence electrons. The number of rotatable bonds is 4. The van der Waals surface area contributed by atoms with Gasteiger partial charge in [-0.15, -0.1) is 0 Å². The van der Waals surface area contributed by atoms with Crippen LogP contribution in [-0.4, -0.2) is 3.21 Å². The number of fused-ring (bicyclic) bond motifs is 3. The third-order valence-electron chi connectivity index (χ3n) is 10.4. The molecule has 0 heterocycles. The van der Waals surface area contributed by atoms with Crippen molar-refractivity contribution in [2.45, 2.75) is 87.3 Å². The minimum absolute atomic E-state index is 0.00683. The third-order valence-corrected chi connectivity index (χ3v) is 30.0. The predicted octanol–water partition coefficient (Wildman–Crippen LogP) is 12.8. The fraction of sp³-hybridized carbons (Fsp3) is 0.326. The quantitative estimate of drug-likeness (QED) is 0.196. The van der Waals surface area contributed by atoms with Gasteiger partial charge in [-0.1, -0.05) is 0 Å². The van der Waals surface area contributed by atoms with E-state index in [-0.39, 0.29) is 18.1 Å². The number of hydrogen-bond acceptors (Lipinski definition) is 0. The van der Waals surface area contributed by atoms with Crippen molar-refractivity contribution in [2.75, 3.05) is 0 Å². The van der Waals surface area contributed by atoms with Crippen LogP contribution in [0, 0.1) is 27.7 Å². The average molecular weight is 727 g/mol. The molecule has 0 aromatic heterocycles. The van der Waals surface area contributed by atoms with Gasteiger partial charge in [0.05, 0.1) is 0 Å². The molecular weight excluding hydrogens is 679 g/mol. The van der Waals surface area contributed by atoms with E-state index in [4.69, 9.17) is 17.0 Å². The Labute approximate surface area is 285 Å². The molecule has 0 spiro atoms. The van der Waals surface area contributed by atoms with Gasteiger partial charge in [-0.25, -0.2) is 0 Å². The molecule has 0 unspecified atom stereocenters. The van der Waals surface area contributed by atoms with Gasteiger partial charge >= 0.3 is 287 Å². The van der Waals surface area contributed by atoms with Crippen LogP contribution in [0.4, 0.5) is 0 Å². The van der Waals surface area contributed by atoms with E-state index in [1.54, 1.807) is 0 Å². The van der Waals surface area contributed by atoms with E-state index >= 15 is 0 Å². The van der Waals surface area contributed by atoms with Crippen LogP contribution >= 0.6 is 17.0 Å². The van der Waals surface area contributed by atoms with Crippen LogP contribution in [0.2, 0.25) is 3.63 Å². The summed E-state index contributed by atoms with van der Waals surface area (Å²) in [5, 5.41) is 0. The molecule has 0 fully saturated rings. The predicted molar refractivity (Wildman–Crippen MR) is 200 cm³/mol. The number of aryl methyl sites for hydroxylation is 4. The van der Waals surface area contributed by atoms with Crippen LogP contribution in [0.1, 0.15) is 101 Å². The Morgan fingerprint density at radius 3 is 1.28 bits per heavy atom. The molecular formula is C43H48Cl2Zr. The zero-order chi connectivity index (χ0) is 33.4. The van der Waals surface area contributed by atoms with Crippen LogP contribution in [0.25, 0.3) is 11.1 Å². The molecule has 0 amide bonds. The molecule has 4 aromatic rings. The molecule has 2 aliphatic carbocycles. The molecule has 3 heteroatoms. The summed E-state index contributed by atoms with van der Waals surface area (Å²) in [6.07, 6.45) is 8.84. The molecule has 0 radical (unpaired) electrons. The summed E-state index contributed by atoms with van der Waals surface area (Å²) in [4.78, 5) is 0. The first-order valence-corrected chi connectivity index (χ1v) is 27.0. The first-order valence-electron chi connectivity index (χ1n) is 16.7. The van der Waals surface area contributed by atoms with Gasteiger partial charge in [0, 0.05) is 0 Å². The Morgan fingerprint density at radius 2 is 0.935 bits per heavy atom. The Hall–Kier alpha value is -2.31. The van der Waals surface area contributed by atoms with Crippen molar-refractivity contribution >= 4 is 20.2 Å². The van der Waals surface area contributed by atoms with Gasteiger partial charge in [0.1, 0.15) is 0 Å². The molecule has 0 N–H and O–H groups in total. The summed E-state index contributed by atoms with van der Waals surface area (Å²) in [7, 11) is 17.6. The second-order valence-corrected chi connectivity index (χ2v) is 36.7. The van der Waals surface area contributed by atoms with Crippen molar-refractivity contribution in [1.82, 2.24) is 0 Å². The summed E-state index contributed by atoms with van der Waals surface area (Å²) in [5.41, 5.74) is 15.2. The van der Waals surface area contributed by atoms with Gasteiger partial charge in [-0.2, -0.15) is 0 Å². The maximum absolute atomic E-state index is 8.78. The van der Waals surface area contributed by atoms with E-state index in [0.717, 1.165) is 14.3 Å². The Kier molecular flexibility index (Phi) is 8.32. The van der Waals surface area contributed by atoms with Gasteiger partial charge in [0.25, 0.3) is 0 Å². The molecule has 2 aliphatic rings. The number of halogens is 2. The second kappa shape index (κ2) is 11.4. The Bertz CT molecular complexity index is 1850. The van der Waals surface area contributed by atoms with Crippen LogP contribution < -0.4 is 0 Å². The van der Waals surface area contributed by atoms with E-state index < -0.39 is 15.9 Å². The summed E-state index contributed by atoms with van der Waals surface area (Å²) < 4.78 is 0.937. The van der Waals surface area contributed by atoms with Crippen molar-refractivity contribution in [3.05, 3.63) is 153 Å². The van der Waals surface area contributed by atoms with Gasteiger partial charge in [-0.3, -0.25) is 0 Å². The maximum atomic E-state index is 8.78. The van der Waals surface area contributed by atoms with E-state index in [1.165, 1.54) is 55.6 Å². The first kappa shape index (κ1) is 33.6. The number of allylic oxidation sites excluding steroid dienone is 4. The zero-order valence-corrected chi connectivity index (χ0v) is 33.1. The summed E-state index contributed by atoms with van der Waals surface area (Å²) >= 11 is -5.38. The van der Waals surface area contributed by atoms with E-state index in [0.29, 0.717) is 0 Å². The van der Waals surface area contributed by atoms with Gasteiger partial charge in [0.2, 0.25) is 0 Å². The van der Waals surface area contributed by atoms with E-state index in [2.05, 4.69) is 166 Å². The molecule has 6 rings (SSSR count). The molecule has 46 heavy (non-hydrogen) atoms. The summed E-state index contributed by atoms with van der Waals surface area (Å²) in [6, 6.07) is 27.6. The molecule has 0 saturated carbocycles. The number of hydrogen-bond donors (Lipinski definition) is 0. The molecule has 4 aromatic carbocycles. The molecule has 0 aliphatic heterocycles. The molecule has 0 saturated heterocycles. The normalized spacial score (nSPS) is 15.4. The topological polar surface area (TPSA) is 0 Å². The standard InChI is InChI=1S/C23H29.C15H14.C5H5.2ClH.Zr/c1-14-9-16-11-17-10-15(2)21(23(6,7)8)13-19(17)18(16)12-20(14)22(3,4)5;1-12-3-7-14(8-4-12)11-15-9-5-13(2)6-10-15;1-2-4-5-3-1;;;/h9-13H,1-8H3;3-10H,1-2H3;1-5H;2*1H;/q;;;;;+2/p-2. The van der Waals surface area contributed by atoms with Gasteiger partial charge in [-0.05, 0) is 0 Å². The second-order valence-electron chi connectivity index (χ2n) is 16.0. The van der Waals surface area contributed by atoms with Crippen molar-refractivity contribution in [1.29, 1.82) is 0 Å². The SMILES string of the molecule is Cc1ccc([C](c2ccc(C)cc2)=[Zr]([Cl])([Cl])([CH]2C=CC=C2)[CH]2c3cc(C)c(C(C)(C)C)cc3-c3cc(C(C)(C)C)c(C)cc32)cc1. The minimum atomic E-state index is -5.38. The van der Waals surface area contributed by atoms with E-state index in [1.807, 2.05) is 0 Å². The van der Waals surface area contributed by atoms with Crippen molar-refractivity contribution in [3.63, 3.8) is 0 Å². The van der Waals surface area contributed by atoms with Crippen LogP contribution in [0.3, 0.4) is 0 Å². The molecule has 0 bridgehead atoms. The average Bonchev–Trinajstić information content (AvgIpc) is 3.61. The molecule has 0 atom stereocenters. The Morgan fingerprint density at radius 1 is 0.565 bits per heavy atom. The monoisotopic (exact) mass is 724 g/mol. The fourth-order valence-corrected chi connectivity index (χ4v) is 27.6. The number of benzene rings is 4. The van der Waals surface area contributed by atoms with Crippen LogP contribution in [0.5, 0.6) is 0 Å². The fourth-order valence-electron chi connectivity index (χ4n) is 8.21. The van der Waals surface area contributed by atoms with E-state index in [9.17, 15) is 0 Å².